The van der Waals surface area contributed by atoms with Crippen LogP contribution in [-0.2, 0) is 0 Å². The van der Waals surface area contributed by atoms with E-state index < -0.39 is 0 Å². The number of nitrogens with zero attached hydrogens (tertiary/aromatic N) is 3. The first-order valence-corrected chi connectivity index (χ1v) is 6.17. The number of carbonyl (C=O) groups excluding carboxylic acids is 1. The van der Waals surface area contributed by atoms with E-state index in [1.54, 1.807) is 6.92 Å². The molecule has 0 unspecified atom stereocenters. The maximum absolute atomic E-state index is 10.9. The van der Waals surface area contributed by atoms with E-state index in [9.17, 15) is 4.79 Å². The first-order valence-electron chi connectivity index (χ1n) is 4.81. The fraction of sp³-hybridized carbons (Fsp3) is 0.500. The normalized spacial score (nSPS) is 10.8. The topological polar surface area (TPSA) is 46.1 Å². The molecule has 4 nitrogen and oxygen atoms in total. The van der Waals surface area contributed by atoms with Gasteiger partial charge in [-0.05, 0) is 21.0 Å². The molecule has 0 saturated carbocycles. The van der Waals surface area contributed by atoms with Crippen LogP contribution >= 0.6 is 23.4 Å². The van der Waals surface area contributed by atoms with Gasteiger partial charge < -0.3 is 4.90 Å². The minimum Gasteiger partial charge on any atom is -0.309 e. The lowest BCUT2D eigenvalue weighted by atomic mass is 10.4. The summed E-state index contributed by atoms with van der Waals surface area (Å²) in [5.74, 6) is 1.45. The van der Waals surface area contributed by atoms with Crippen molar-refractivity contribution in [1.82, 2.24) is 14.9 Å². The smallest absolute Gasteiger partial charge is 0.155 e. The third kappa shape index (κ3) is 3.73. The Morgan fingerprint density at radius 2 is 2.12 bits per heavy atom. The Kier molecular flexibility index (Phi) is 5.18. The number of hydrogen-bond acceptors (Lipinski definition) is 5. The van der Waals surface area contributed by atoms with Gasteiger partial charge in [-0.15, -0.1) is 11.8 Å². The lowest BCUT2D eigenvalue weighted by Crippen LogP contribution is -2.15. The van der Waals surface area contributed by atoms with Crippen molar-refractivity contribution in [3.05, 3.63) is 16.5 Å². The minimum atomic E-state index is 0.231. The summed E-state index contributed by atoms with van der Waals surface area (Å²) in [4.78, 5) is 21.1. The summed E-state index contributed by atoms with van der Waals surface area (Å²) >= 11 is 7.39. The summed E-state index contributed by atoms with van der Waals surface area (Å²) < 4.78 is 0. The maximum atomic E-state index is 10.9. The van der Waals surface area contributed by atoms with Gasteiger partial charge in [0.2, 0.25) is 0 Å². The molecule has 1 heterocycles. The largest absolute Gasteiger partial charge is 0.309 e. The van der Waals surface area contributed by atoms with E-state index in [-0.39, 0.29) is 5.15 Å². The lowest BCUT2D eigenvalue weighted by molar-refractivity contribution is 0.112. The molecule has 0 saturated heterocycles. The molecule has 1 aromatic heterocycles. The van der Waals surface area contributed by atoms with Crippen molar-refractivity contribution in [1.29, 1.82) is 0 Å². The maximum Gasteiger partial charge on any atom is 0.155 e. The van der Waals surface area contributed by atoms with E-state index in [2.05, 4.69) is 14.9 Å². The second-order valence-electron chi connectivity index (χ2n) is 3.55. The lowest BCUT2D eigenvalue weighted by Gasteiger charge is -2.09. The first kappa shape index (κ1) is 13.4. The minimum absolute atomic E-state index is 0.231. The number of aromatic nitrogens is 2. The summed E-state index contributed by atoms with van der Waals surface area (Å²) in [7, 11) is 4.00. The Labute approximate surface area is 104 Å². The van der Waals surface area contributed by atoms with Crippen LogP contribution in [0.4, 0.5) is 0 Å². The molecular weight excluding hydrogens is 246 g/mol. The van der Waals surface area contributed by atoms with Crippen molar-refractivity contribution < 1.29 is 4.79 Å². The highest BCUT2D eigenvalue weighted by Gasteiger charge is 2.11. The number of halogens is 1. The fourth-order valence-electron chi connectivity index (χ4n) is 1.06. The molecule has 0 aliphatic heterocycles. The number of hydrogen-bond donors (Lipinski definition) is 0. The van der Waals surface area contributed by atoms with Gasteiger partial charge in [-0.3, -0.25) is 4.79 Å². The zero-order chi connectivity index (χ0) is 12.1. The van der Waals surface area contributed by atoms with Crippen LogP contribution in [0.2, 0.25) is 5.15 Å². The Balaban J connectivity index is 2.81. The number of rotatable bonds is 5. The Hall–Kier alpha value is -0.650. The highest BCUT2D eigenvalue weighted by molar-refractivity contribution is 7.99. The predicted molar refractivity (Wildman–Crippen MR) is 66.4 cm³/mol. The van der Waals surface area contributed by atoms with Gasteiger partial charge >= 0.3 is 0 Å². The summed E-state index contributed by atoms with van der Waals surface area (Å²) in [5.41, 5.74) is 0.385. The average molecular weight is 260 g/mol. The van der Waals surface area contributed by atoms with Crippen molar-refractivity contribution in [2.45, 2.75) is 11.9 Å². The van der Waals surface area contributed by atoms with Crippen molar-refractivity contribution in [3.63, 3.8) is 0 Å². The molecule has 0 radical (unpaired) electrons. The van der Waals surface area contributed by atoms with Crippen molar-refractivity contribution in [2.24, 2.45) is 0 Å². The van der Waals surface area contributed by atoms with Gasteiger partial charge in [0.15, 0.2) is 6.29 Å². The first-order chi connectivity index (χ1) is 7.54. The van der Waals surface area contributed by atoms with Gasteiger partial charge in [0.1, 0.15) is 16.0 Å². The zero-order valence-electron chi connectivity index (χ0n) is 9.53. The van der Waals surface area contributed by atoms with E-state index in [4.69, 9.17) is 11.6 Å². The second kappa shape index (κ2) is 6.18. The number of aryl methyl sites for hydroxylation is 1. The van der Waals surface area contributed by atoms with Crippen LogP contribution in [-0.4, -0.2) is 47.5 Å². The molecule has 0 aromatic carbocycles. The third-order valence-electron chi connectivity index (χ3n) is 1.87. The van der Waals surface area contributed by atoms with E-state index in [0.29, 0.717) is 22.7 Å². The molecule has 0 aliphatic rings. The number of carbonyl (C=O) groups is 1. The van der Waals surface area contributed by atoms with Crippen LogP contribution in [0.1, 0.15) is 16.2 Å². The van der Waals surface area contributed by atoms with Crippen LogP contribution in [0.25, 0.3) is 0 Å². The molecule has 0 fully saturated rings. The molecule has 0 spiro atoms. The fourth-order valence-corrected chi connectivity index (χ4v) is 2.52. The van der Waals surface area contributed by atoms with Crippen molar-refractivity contribution in [3.8, 4) is 0 Å². The summed E-state index contributed by atoms with van der Waals surface area (Å²) in [6, 6.07) is 0. The van der Waals surface area contributed by atoms with Gasteiger partial charge in [0.05, 0.1) is 5.56 Å². The summed E-state index contributed by atoms with van der Waals surface area (Å²) in [6.07, 6.45) is 0.708. The highest BCUT2D eigenvalue weighted by Crippen LogP contribution is 2.24. The molecule has 0 aliphatic carbocycles. The van der Waals surface area contributed by atoms with Gasteiger partial charge in [-0.1, -0.05) is 11.6 Å². The molecule has 6 heteroatoms. The molecule has 0 bridgehead atoms. The summed E-state index contributed by atoms with van der Waals surface area (Å²) in [5, 5.41) is 0.893. The SMILES string of the molecule is Cc1nc(Cl)c(C=O)c(SCCN(C)C)n1. The van der Waals surface area contributed by atoms with Gasteiger partial charge in [-0.2, -0.15) is 0 Å². The molecule has 0 N–H and O–H groups in total. The van der Waals surface area contributed by atoms with E-state index in [1.807, 2.05) is 14.1 Å². The van der Waals surface area contributed by atoms with Crippen LogP contribution < -0.4 is 0 Å². The van der Waals surface area contributed by atoms with Crippen molar-refractivity contribution in [2.75, 3.05) is 26.4 Å². The average Bonchev–Trinajstić information content (AvgIpc) is 2.16. The molecule has 1 aromatic rings. The highest BCUT2D eigenvalue weighted by atomic mass is 35.5. The van der Waals surface area contributed by atoms with Crippen LogP contribution in [0, 0.1) is 6.92 Å². The molecule has 0 amide bonds. The van der Waals surface area contributed by atoms with E-state index >= 15 is 0 Å². The standard InChI is InChI=1S/C10H14ClN3OS/c1-7-12-9(11)8(6-15)10(13-7)16-5-4-14(2)3/h6H,4-5H2,1-3H3. The molecule has 0 atom stereocenters. The van der Waals surface area contributed by atoms with Crippen LogP contribution in [0.15, 0.2) is 5.03 Å². The molecule has 88 valence electrons. The van der Waals surface area contributed by atoms with Gasteiger partial charge in [0.25, 0.3) is 0 Å². The van der Waals surface area contributed by atoms with Crippen molar-refractivity contribution >= 4 is 29.6 Å². The monoisotopic (exact) mass is 259 g/mol. The second-order valence-corrected chi connectivity index (χ2v) is 4.99. The van der Waals surface area contributed by atoms with E-state index in [0.717, 1.165) is 12.3 Å². The molecular formula is C10H14ClN3OS. The Morgan fingerprint density at radius 1 is 1.44 bits per heavy atom. The van der Waals surface area contributed by atoms with Gasteiger partial charge in [-0.25, -0.2) is 9.97 Å². The molecule has 16 heavy (non-hydrogen) atoms. The third-order valence-corrected chi connectivity index (χ3v) is 3.13. The Morgan fingerprint density at radius 3 is 2.69 bits per heavy atom. The number of aldehydes is 1. The van der Waals surface area contributed by atoms with Crippen LogP contribution in [0.5, 0.6) is 0 Å². The number of thioether (sulfide) groups is 1. The quantitative estimate of drug-likeness (QED) is 0.459. The van der Waals surface area contributed by atoms with E-state index in [1.165, 1.54) is 11.8 Å². The zero-order valence-corrected chi connectivity index (χ0v) is 11.1. The molecule has 1 rings (SSSR count). The predicted octanol–water partition coefficient (Wildman–Crippen LogP) is 1.90. The summed E-state index contributed by atoms with van der Waals surface area (Å²) in [6.45, 7) is 2.68. The Bertz CT molecular complexity index is 385. The van der Waals surface area contributed by atoms with Crippen LogP contribution in [0.3, 0.4) is 0 Å². The van der Waals surface area contributed by atoms with Gasteiger partial charge in [0, 0.05) is 12.3 Å².